The molecule has 0 heterocycles. The molecule has 16 heavy (non-hydrogen) atoms. The third-order valence-electron chi connectivity index (χ3n) is 2.63. The van der Waals surface area contributed by atoms with E-state index in [0.717, 1.165) is 0 Å². The van der Waals surface area contributed by atoms with Gasteiger partial charge in [-0.2, -0.15) is 0 Å². The highest BCUT2D eigenvalue weighted by molar-refractivity contribution is 7.80. The molecule has 94 valence electrons. The minimum absolute atomic E-state index is 0.207. The number of thiocarbonyl (C=S) groups is 1. The number of rotatable bonds is 6. The summed E-state index contributed by atoms with van der Waals surface area (Å²) in [7, 11) is 3.36. The third-order valence-corrected chi connectivity index (χ3v) is 2.80. The Balaban J connectivity index is 4.37. The lowest BCUT2D eigenvalue weighted by Gasteiger charge is -2.31. The number of ether oxygens (including phenoxy) is 1. The van der Waals surface area contributed by atoms with E-state index < -0.39 is 5.41 Å². The standard InChI is InChI=1S/C11H22N2O2S/c1-8(6-9(12)16)13(4)7-11(2,3)10(14)15-5/h8H,6-7H2,1-5H3,(H2,12,16). The van der Waals surface area contributed by atoms with Gasteiger partial charge in [0.25, 0.3) is 0 Å². The molecule has 0 saturated carbocycles. The van der Waals surface area contributed by atoms with Crippen LogP contribution in [0.3, 0.4) is 0 Å². The number of hydrogen-bond acceptors (Lipinski definition) is 4. The molecule has 0 bridgehead atoms. The lowest BCUT2D eigenvalue weighted by molar-refractivity contribution is -0.151. The molecule has 0 rings (SSSR count). The normalized spacial score (nSPS) is 13.6. The molecule has 0 aromatic carbocycles. The molecule has 0 aromatic heterocycles. The van der Waals surface area contributed by atoms with Crippen LogP contribution in [0.25, 0.3) is 0 Å². The Morgan fingerprint density at radius 3 is 2.44 bits per heavy atom. The summed E-state index contributed by atoms with van der Waals surface area (Å²) < 4.78 is 4.76. The third kappa shape index (κ3) is 4.90. The minimum Gasteiger partial charge on any atom is -0.469 e. The molecule has 1 unspecified atom stereocenters. The maximum atomic E-state index is 11.5. The highest BCUT2D eigenvalue weighted by atomic mass is 32.1. The summed E-state index contributed by atoms with van der Waals surface area (Å²) in [5, 5.41) is 0. The Morgan fingerprint density at radius 1 is 1.56 bits per heavy atom. The molecular formula is C11H22N2O2S. The van der Waals surface area contributed by atoms with Crippen LogP contribution in [-0.2, 0) is 9.53 Å². The number of carbonyl (C=O) groups is 1. The fourth-order valence-electron chi connectivity index (χ4n) is 1.57. The van der Waals surface area contributed by atoms with Gasteiger partial charge in [0.2, 0.25) is 0 Å². The van der Waals surface area contributed by atoms with Crippen molar-refractivity contribution in [2.45, 2.75) is 33.2 Å². The summed E-state index contributed by atoms with van der Waals surface area (Å²) in [5.74, 6) is -0.207. The average molecular weight is 246 g/mol. The lowest BCUT2D eigenvalue weighted by atomic mass is 9.92. The van der Waals surface area contributed by atoms with Crippen molar-refractivity contribution in [3.8, 4) is 0 Å². The van der Waals surface area contributed by atoms with Gasteiger partial charge in [-0.25, -0.2) is 0 Å². The van der Waals surface area contributed by atoms with Crippen molar-refractivity contribution in [3.63, 3.8) is 0 Å². The maximum absolute atomic E-state index is 11.5. The molecule has 0 fully saturated rings. The predicted molar refractivity (Wildman–Crippen MR) is 69.3 cm³/mol. The average Bonchev–Trinajstić information content (AvgIpc) is 2.14. The van der Waals surface area contributed by atoms with Crippen LogP contribution >= 0.6 is 12.2 Å². The largest absolute Gasteiger partial charge is 0.469 e. The van der Waals surface area contributed by atoms with E-state index in [2.05, 4.69) is 4.90 Å². The Morgan fingerprint density at radius 2 is 2.06 bits per heavy atom. The predicted octanol–water partition coefficient (Wildman–Crippen LogP) is 1.18. The molecule has 0 aromatic rings. The van der Waals surface area contributed by atoms with Crippen LogP contribution in [0.1, 0.15) is 27.2 Å². The van der Waals surface area contributed by atoms with Crippen LogP contribution < -0.4 is 5.73 Å². The van der Waals surface area contributed by atoms with Crippen molar-refractivity contribution >= 4 is 23.2 Å². The van der Waals surface area contributed by atoms with Crippen LogP contribution in [-0.4, -0.2) is 42.6 Å². The summed E-state index contributed by atoms with van der Waals surface area (Å²) in [5.41, 5.74) is 4.97. The molecular weight excluding hydrogens is 224 g/mol. The van der Waals surface area contributed by atoms with E-state index in [4.69, 9.17) is 22.7 Å². The molecule has 0 amide bonds. The van der Waals surface area contributed by atoms with Gasteiger partial charge in [-0.05, 0) is 27.8 Å². The zero-order chi connectivity index (χ0) is 12.9. The Labute approximate surface area is 103 Å². The molecule has 5 heteroatoms. The lowest BCUT2D eigenvalue weighted by Crippen LogP contribution is -2.42. The van der Waals surface area contributed by atoms with Gasteiger partial charge < -0.3 is 15.4 Å². The second-order valence-corrected chi connectivity index (χ2v) is 5.33. The maximum Gasteiger partial charge on any atom is 0.312 e. The monoisotopic (exact) mass is 246 g/mol. The van der Waals surface area contributed by atoms with Crippen molar-refractivity contribution < 1.29 is 9.53 Å². The summed E-state index contributed by atoms with van der Waals surface area (Å²) in [6.07, 6.45) is 0.656. The van der Waals surface area contributed by atoms with Crippen molar-refractivity contribution in [1.82, 2.24) is 4.90 Å². The smallest absolute Gasteiger partial charge is 0.312 e. The number of carbonyl (C=O) groups excluding carboxylic acids is 1. The molecule has 0 radical (unpaired) electrons. The number of hydrogen-bond donors (Lipinski definition) is 1. The highest BCUT2D eigenvalue weighted by Crippen LogP contribution is 2.19. The van der Waals surface area contributed by atoms with Crippen LogP contribution in [0, 0.1) is 5.41 Å². The molecule has 0 aliphatic heterocycles. The molecule has 0 spiro atoms. The SMILES string of the molecule is COC(=O)C(C)(C)CN(C)C(C)CC(N)=S. The second-order valence-electron chi connectivity index (χ2n) is 4.81. The van der Waals surface area contributed by atoms with Gasteiger partial charge in [-0.1, -0.05) is 12.2 Å². The first-order chi connectivity index (χ1) is 7.20. The molecule has 0 aliphatic rings. The fourth-order valence-corrected chi connectivity index (χ4v) is 1.81. The van der Waals surface area contributed by atoms with E-state index in [-0.39, 0.29) is 12.0 Å². The molecule has 2 N–H and O–H groups in total. The Bertz CT molecular complexity index is 267. The topological polar surface area (TPSA) is 55.6 Å². The minimum atomic E-state index is -0.520. The van der Waals surface area contributed by atoms with E-state index in [0.29, 0.717) is 18.0 Å². The summed E-state index contributed by atoms with van der Waals surface area (Å²) >= 11 is 4.87. The van der Waals surface area contributed by atoms with Gasteiger partial charge in [-0.3, -0.25) is 4.79 Å². The van der Waals surface area contributed by atoms with E-state index in [1.165, 1.54) is 7.11 Å². The molecule has 4 nitrogen and oxygen atoms in total. The summed E-state index contributed by atoms with van der Waals surface area (Å²) in [4.78, 5) is 14.1. The molecule has 0 saturated heterocycles. The van der Waals surface area contributed by atoms with Gasteiger partial charge in [0.1, 0.15) is 0 Å². The van der Waals surface area contributed by atoms with E-state index in [9.17, 15) is 4.79 Å². The number of esters is 1. The number of methoxy groups -OCH3 is 1. The van der Waals surface area contributed by atoms with E-state index in [1.807, 2.05) is 27.8 Å². The zero-order valence-electron chi connectivity index (χ0n) is 10.7. The van der Waals surface area contributed by atoms with Gasteiger partial charge in [-0.15, -0.1) is 0 Å². The van der Waals surface area contributed by atoms with E-state index in [1.54, 1.807) is 0 Å². The van der Waals surface area contributed by atoms with Crippen LogP contribution in [0.5, 0.6) is 0 Å². The quantitative estimate of drug-likeness (QED) is 0.563. The van der Waals surface area contributed by atoms with Crippen molar-refractivity contribution in [2.24, 2.45) is 11.1 Å². The summed E-state index contributed by atoms with van der Waals surface area (Å²) in [6, 6.07) is 0.224. The fraction of sp³-hybridized carbons (Fsp3) is 0.818. The Hall–Kier alpha value is -0.680. The van der Waals surface area contributed by atoms with Crippen LogP contribution in [0.2, 0.25) is 0 Å². The first kappa shape index (κ1) is 15.3. The van der Waals surface area contributed by atoms with Gasteiger partial charge in [0.15, 0.2) is 0 Å². The van der Waals surface area contributed by atoms with Gasteiger partial charge >= 0.3 is 5.97 Å². The van der Waals surface area contributed by atoms with E-state index >= 15 is 0 Å². The van der Waals surface area contributed by atoms with Crippen LogP contribution in [0.15, 0.2) is 0 Å². The number of nitrogens with two attached hydrogens (primary N) is 1. The van der Waals surface area contributed by atoms with Crippen molar-refractivity contribution in [1.29, 1.82) is 0 Å². The zero-order valence-corrected chi connectivity index (χ0v) is 11.6. The van der Waals surface area contributed by atoms with Crippen molar-refractivity contribution in [2.75, 3.05) is 20.7 Å². The first-order valence-corrected chi connectivity index (χ1v) is 5.68. The molecule has 0 aliphatic carbocycles. The van der Waals surface area contributed by atoms with Crippen molar-refractivity contribution in [3.05, 3.63) is 0 Å². The number of nitrogens with zero attached hydrogens (tertiary/aromatic N) is 1. The Kier molecular flexibility index (Phi) is 5.89. The highest BCUT2D eigenvalue weighted by Gasteiger charge is 2.31. The summed E-state index contributed by atoms with van der Waals surface area (Å²) in [6.45, 7) is 6.38. The van der Waals surface area contributed by atoms with Gasteiger partial charge in [0.05, 0.1) is 17.5 Å². The molecule has 1 atom stereocenters. The first-order valence-electron chi connectivity index (χ1n) is 5.27. The second kappa shape index (κ2) is 6.15. The van der Waals surface area contributed by atoms with Gasteiger partial charge in [0, 0.05) is 19.0 Å². The van der Waals surface area contributed by atoms with Crippen LogP contribution in [0.4, 0.5) is 0 Å².